The summed E-state index contributed by atoms with van der Waals surface area (Å²) in [7, 11) is 0. The average molecular weight is 805 g/mol. The molecular weight excluding hydrogens is 769 g/mol. The molecule has 9 aromatic carbocycles. The molecule has 0 bridgehead atoms. The van der Waals surface area contributed by atoms with Gasteiger partial charge in [0.15, 0.2) is 5.82 Å². The third-order valence-corrected chi connectivity index (χ3v) is 12.5. The van der Waals surface area contributed by atoms with Crippen LogP contribution in [-0.4, -0.2) is 19.1 Å². The molecule has 13 rings (SSSR count). The highest BCUT2D eigenvalue weighted by molar-refractivity contribution is 6.17. The molecule has 0 aliphatic carbocycles. The second-order valence-corrected chi connectivity index (χ2v) is 16.1. The van der Waals surface area contributed by atoms with Gasteiger partial charge in [-0.2, -0.15) is 0 Å². The number of benzene rings is 9. The number of para-hydroxylation sites is 4. The van der Waals surface area contributed by atoms with Crippen molar-refractivity contribution in [2.24, 2.45) is 0 Å². The van der Waals surface area contributed by atoms with Crippen molar-refractivity contribution in [2.45, 2.75) is 0 Å². The summed E-state index contributed by atoms with van der Waals surface area (Å²) in [6, 6.07) is 77.2. The SMILES string of the molecule is c1ccc(-c2cc(-c3ccccc3)nc(-c3ccc(-n4c5ccccc5c5cc(-c6ccc7c(c6)c6ccccc6n7-c6ccccc6)ccc54)c4c3oc3ccccc34)n2)cc1. The van der Waals surface area contributed by atoms with Crippen LogP contribution in [0, 0.1) is 0 Å². The summed E-state index contributed by atoms with van der Waals surface area (Å²) in [6.07, 6.45) is 0. The number of hydrogen-bond donors (Lipinski definition) is 0. The third kappa shape index (κ3) is 5.57. The number of furan rings is 1. The molecule has 0 N–H and O–H groups in total. The number of rotatable bonds is 6. The maximum Gasteiger partial charge on any atom is 0.164 e. The van der Waals surface area contributed by atoms with E-state index in [1.807, 2.05) is 48.5 Å². The van der Waals surface area contributed by atoms with Gasteiger partial charge in [-0.1, -0.05) is 146 Å². The Kier molecular flexibility index (Phi) is 7.84. The number of nitrogens with zero attached hydrogens (tertiary/aromatic N) is 4. The third-order valence-electron chi connectivity index (χ3n) is 12.5. The first-order valence-electron chi connectivity index (χ1n) is 21.3. The molecular formula is C58H36N4O. The molecule has 0 spiro atoms. The van der Waals surface area contributed by atoms with Crippen LogP contribution in [0.2, 0.25) is 0 Å². The van der Waals surface area contributed by atoms with Gasteiger partial charge < -0.3 is 13.6 Å². The van der Waals surface area contributed by atoms with Gasteiger partial charge in [-0.15, -0.1) is 0 Å². The Labute approximate surface area is 362 Å². The summed E-state index contributed by atoms with van der Waals surface area (Å²) in [5.74, 6) is 0.613. The first kappa shape index (κ1) is 35.2. The molecule has 0 saturated carbocycles. The molecule has 5 nitrogen and oxygen atoms in total. The second kappa shape index (κ2) is 14.0. The van der Waals surface area contributed by atoms with Crippen molar-refractivity contribution in [2.75, 3.05) is 0 Å². The summed E-state index contributed by atoms with van der Waals surface area (Å²) in [4.78, 5) is 10.4. The van der Waals surface area contributed by atoms with Gasteiger partial charge in [0.05, 0.1) is 50.1 Å². The zero-order chi connectivity index (χ0) is 41.4. The molecule has 0 atom stereocenters. The lowest BCUT2D eigenvalue weighted by Crippen LogP contribution is -1.98. The van der Waals surface area contributed by atoms with Gasteiger partial charge in [0.2, 0.25) is 0 Å². The molecule has 294 valence electrons. The lowest BCUT2D eigenvalue weighted by atomic mass is 10.0. The van der Waals surface area contributed by atoms with E-state index in [0.29, 0.717) is 5.82 Å². The van der Waals surface area contributed by atoms with Gasteiger partial charge >= 0.3 is 0 Å². The summed E-state index contributed by atoms with van der Waals surface area (Å²) < 4.78 is 11.6. The first-order chi connectivity index (χ1) is 31.2. The second-order valence-electron chi connectivity index (χ2n) is 16.1. The highest BCUT2D eigenvalue weighted by atomic mass is 16.3. The van der Waals surface area contributed by atoms with E-state index in [1.165, 1.54) is 43.7 Å². The Bertz CT molecular complexity index is 3840. The monoisotopic (exact) mass is 804 g/mol. The van der Waals surface area contributed by atoms with Crippen LogP contribution >= 0.6 is 0 Å². The molecule has 4 aromatic heterocycles. The van der Waals surface area contributed by atoms with Crippen LogP contribution in [0.1, 0.15) is 0 Å². The van der Waals surface area contributed by atoms with Gasteiger partial charge in [0, 0.05) is 43.7 Å². The van der Waals surface area contributed by atoms with Crippen molar-refractivity contribution in [3.8, 4) is 56.4 Å². The topological polar surface area (TPSA) is 48.8 Å². The lowest BCUT2D eigenvalue weighted by molar-refractivity contribution is 0.669. The van der Waals surface area contributed by atoms with Crippen molar-refractivity contribution < 1.29 is 4.42 Å². The number of fused-ring (bicyclic) bond motifs is 9. The maximum absolute atomic E-state index is 6.87. The fraction of sp³-hybridized carbons (Fsp3) is 0. The van der Waals surface area contributed by atoms with E-state index in [2.05, 4.69) is 179 Å². The van der Waals surface area contributed by atoms with E-state index in [1.54, 1.807) is 0 Å². The van der Waals surface area contributed by atoms with Crippen molar-refractivity contribution >= 4 is 65.6 Å². The molecule has 63 heavy (non-hydrogen) atoms. The Morgan fingerprint density at radius 2 is 0.841 bits per heavy atom. The minimum atomic E-state index is 0.613. The van der Waals surface area contributed by atoms with E-state index in [-0.39, 0.29) is 0 Å². The number of aromatic nitrogens is 4. The molecule has 0 radical (unpaired) electrons. The standard InChI is InChI=1S/C58H36N4O/c1-4-16-37(17-5-1)48-36-49(38-18-6-2-7-19-38)60-58(59-48)45-30-33-54(56-44-24-12-15-27-55(44)63-57(45)56)62-51-26-14-11-23-43(51)47-35-40(29-32-53(47)62)39-28-31-52-46(34-39)42-22-10-13-25-50(42)61(52)41-20-8-3-9-21-41/h1-36H. The molecule has 0 unspecified atom stereocenters. The molecule has 0 fully saturated rings. The molecule has 5 heteroatoms. The quantitative estimate of drug-likeness (QED) is 0.168. The summed E-state index contributed by atoms with van der Waals surface area (Å²) in [5.41, 5.74) is 15.3. The molecule has 0 saturated heterocycles. The number of hydrogen-bond acceptors (Lipinski definition) is 3. The van der Waals surface area contributed by atoms with Gasteiger partial charge in [-0.05, 0) is 83.9 Å². The van der Waals surface area contributed by atoms with Crippen molar-refractivity contribution in [1.29, 1.82) is 0 Å². The molecule has 0 amide bonds. The van der Waals surface area contributed by atoms with Crippen molar-refractivity contribution in [1.82, 2.24) is 19.1 Å². The smallest absolute Gasteiger partial charge is 0.164 e. The highest BCUT2D eigenvalue weighted by Crippen LogP contribution is 2.44. The van der Waals surface area contributed by atoms with Crippen molar-refractivity contribution in [3.05, 3.63) is 218 Å². The van der Waals surface area contributed by atoms with E-state index in [4.69, 9.17) is 14.4 Å². The zero-order valence-electron chi connectivity index (χ0n) is 34.0. The predicted octanol–water partition coefficient (Wildman–Crippen LogP) is 15.2. The largest absolute Gasteiger partial charge is 0.455 e. The van der Waals surface area contributed by atoms with Crippen LogP contribution in [0.4, 0.5) is 0 Å². The van der Waals surface area contributed by atoms with Gasteiger partial charge in [-0.25, -0.2) is 9.97 Å². The van der Waals surface area contributed by atoms with E-state index >= 15 is 0 Å². The summed E-state index contributed by atoms with van der Waals surface area (Å²) in [6.45, 7) is 0. The van der Waals surface area contributed by atoms with Crippen LogP contribution in [-0.2, 0) is 0 Å². The van der Waals surface area contributed by atoms with E-state index < -0.39 is 0 Å². The minimum absolute atomic E-state index is 0.613. The summed E-state index contributed by atoms with van der Waals surface area (Å²) in [5, 5.41) is 6.91. The predicted molar refractivity (Wildman–Crippen MR) is 260 cm³/mol. The van der Waals surface area contributed by atoms with Crippen LogP contribution < -0.4 is 0 Å². The lowest BCUT2D eigenvalue weighted by Gasteiger charge is -2.13. The van der Waals surface area contributed by atoms with Crippen LogP contribution in [0.15, 0.2) is 223 Å². The van der Waals surface area contributed by atoms with Crippen molar-refractivity contribution in [3.63, 3.8) is 0 Å². The Morgan fingerprint density at radius 1 is 0.349 bits per heavy atom. The van der Waals surface area contributed by atoms with Crippen LogP contribution in [0.3, 0.4) is 0 Å². The Morgan fingerprint density at radius 3 is 1.46 bits per heavy atom. The van der Waals surface area contributed by atoms with Crippen LogP contribution in [0.25, 0.3) is 122 Å². The first-order valence-corrected chi connectivity index (χ1v) is 21.3. The molecule has 0 aliphatic rings. The fourth-order valence-electron chi connectivity index (χ4n) is 9.67. The minimum Gasteiger partial charge on any atom is -0.455 e. The van der Waals surface area contributed by atoms with E-state index in [9.17, 15) is 0 Å². The van der Waals surface area contributed by atoms with E-state index in [0.717, 1.165) is 72.4 Å². The Balaban J connectivity index is 1.01. The normalized spacial score (nSPS) is 11.8. The van der Waals surface area contributed by atoms with Gasteiger partial charge in [0.25, 0.3) is 0 Å². The van der Waals surface area contributed by atoms with Crippen LogP contribution in [0.5, 0.6) is 0 Å². The highest BCUT2D eigenvalue weighted by Gasteiger charge is 2.23. The summed E-state index contributed by atoms with van der Waals surface area (Å²) >= 11 is 0. The Hall–Kier alpha value is -8.54. The molecule has 4 heterocycles. The average Bonchev–Trinajstić information content (AvgIpc) is 4.02. The van der Waals surface area contributed by atoms with Gasteiger partial charge in [0.1, 0.15) is 11.2 Å². The maximum atomic E-state index is 6.87. The zero-order valence-corrected chi connectivity index (χ0v) is 34.0. The molecule has 0 aliphatic heterocycles. The van der Waals surface area contributed by atoms with Gasteiger partial charge in [-0.3, -0.25) is 0 Å². The fourth-order valence-corrected chi connectivity index (χ4v) is 9.67. The molecule has 13 aromatic rings.